The highest BCUT2D eigenvalue weighted by atomic mass is 35.5. The molecule has 0 aliphatic carbocycles. The molecule has 6 nitrogen and oxygen atoms in total. The number of tetrazole rings is 1. The fraction of sp³-hybridized carbons (Fsp3) is 0.385. The quantitative estimate of drug-likeness (QED) is 0.913. The van der Waals surface area contributed by atoms with Gasteiger partial charge in [0.2, 0.25) is 5.91 Å². The van der Waals surface area contributed by atoms with Crippen molar-refractivity contribution in [3.8, 4) is 0 Å². The van der Waals surface area contributed by atoms with Gasteiger partial charge in [-0.2, -0.15) is 5.21 Å². The Balaban J connectivity index is 1.96. The Morgan fingerprint density at radius 2 is 2.29 bits per heavy atom. The smallest absolute Gasteiger partial charge is 0.226 e. The molecule has 2 rings (SSSR count). The van der Waals surface area contributed by atoms with Crippen molar-refractivity contribution in [3.05, 3.63) is 40.4 Å². The van der Waals surface area contributed by atoms with Gasteiger partial charge in [-0.15, -0.1) is 10.2 Å². The van der Waals surface area contributed by atoms with E-state index in [4.69, 9.17) is 11.6 Å². The van der Waals surface area contributed by atoms with Crippen LogP contribution < -0.4 is 0 Å². The normalized spacial score (nSPS) is 12.2. The summed E-state index contributed by atoms with van der Waals surface area (Å²) in [6.45, 7) is 2.36. The number of halogens is 2. The highest BCUT2D eigenvalue weighted by molar-refractivity contribution is 6.31. The standard InChI is InChI=1S/C13H15ClFN5O/c1-8(13-16-18-19-17-13)7-20(2)12(21)5-9-3-4-10(15)6-11(9)14/h3-4,6,8H,5,7H2,1-2H3,(H,16,17,18,19)/t8-/m0/s1. The van der Waals surface area contributed by atoms with Crippen molar-refractivity contribution in [1.29, 1.82) is 0 Å². The van der Waals surface area contributed by atoms with E-state index in [1.54, 1.807) is 11.9 Å². The first-order valence-electron chi connectivity index (χ1n) is 6.38. The van der Waals surface area contributed by atoms with E-state index < -0.39 is 5.82 Å². The Hall–Kier alpha value is -2.02. The lowest BCUT2D eigenvalue weighted by atomic mass is 10.1. The molecule has 8 heteroatoms. The van der Waals surface area contributed by atoms with E-state index in [0.717, 1.165) is 0 Å². The minimum absolute atomic E-state index is 0.0404. The van der Waals surface area contributed by atoms with Gasteiger partial charge in [0.1, 0.15) is 5.82 Å². The first-order valence-corrected chi connectivity index (χ1v) is 6.76. The second kappa shape index (κ2) is 6.62. The number of benzene rings is 1. The molecule has 0 unspecified atom stereocenters. The van der Waals surface area contributed by atoms with Crippen molar-refractivity contribution in [1.82, 2.24) is 25.5 Å². The molecule has 0 bridgehead atoms. The molecule has 0 aliphatic heterocycles. The summed E-state index contributed by atoms with van der Waals surface area (Å²) in [4.78, 5) is 13.7. The molecule has 112 valence electrons. The molecule has 2 aromatic rings. The molecule has 1 aromatic carbocycles. The summed E-state index contributed by atoms with van der Waals surface area (Å²) < 4.78 is 13.0. The number of aromatic nitrogens is 4. The summed E-state index contributed by atoms with van der Waals surface area (Å²) in [7, 11) is 1.69. The van der Waals surface area contributed by atoms with Crippen molar-refractivity contribution < 1.29 is 9.18 Å². The lowest BCUT2D eigenvalue weighted by molar-refractivity contribution is -0.129. The van der Waals surface area contributed by atoms with Crippen LogP contribution in [0.25, 0.3) is 0 Å². The van der Waals surface area contributed by atoms with Crippen LogP contribution in [-0.2, 0) is 11.2 Å². The van der Waals surface area contributed by atoms with E-state index in [2.05, 4.69) is 20.6 Å². The van der Waals surface area contributed by atoms with Crippen LogP contribution >= 0.6 is 11.6 Å². The van der Waals surface area contributed by atoms with Crippen LogP contribution in [0.2, 0.25) is 5.02 Å². The van der Waals surface area contributed by atoms with E-state index in [1.807, 2.05) is 6.92 Å². The molecule has 0 saturated carbocycles. The Morgan fingerprint density at radius 1 is 1.52 bits per heavy atom. The summed E-state index contributed by atoms with van der Waals surface area (Å²) in [6.07, 6.45) is 0.120. The van der Waals surface area contributed by atoms with E-state index >= 15 is 0 Å². The molecule has 1 N–H and O–H groups in total. The topological polar surface area (TPSA) is 74.8 Å². The second-order valence-electron chi connectivity index (χ2n) is 4.86. The first kappa shape index (κ1) is 15.4. The Morgan fingerprint density at radius 3 is 2.90 bits per heavy atom. The number of carbonyl (C=O) groups is 1. The van der Waals surface area contributed by atoms with Gasteiger partial charge in [0.25, 0.3) is 0 Å². The SMILES string of the molecule is C[C@@H](CN(C)C(=O)Cc1ccc(F)cc1Cl)c1nn[nH]n1. The Labute approximate surface area is 126 Å². The van der Waals surface area contributed by atoms with Gasteiger partial charge in [-0.3, -0.25) is 4.79 Å². The van der Waals surface area contributed by atoms with Crippen LogP contribution in [0.1, 0.15) is 24.2 Å². The molecule has 0 spiro atoms. The Bertz CT molecular complexity index is 619. The summed E-state index contributed by atoms with van der Waals surface area (Å²) in [5.74, 6) is -0.0232. The number of amides is 1. The first-order chi connectivity index (χ1) is 9.97. The average molecular weight is 312 g/mol. The van der Waals surface area contributed by atoms with Crippen LogP contribution in [0, 0.1) is 5.82 Å². The van der Waals surface area contributed by atoms with Crippen molar-refractivity contribution in [2.75, 3.05) is 13.6 Å². The molecule has 0 aliphatic rings. The highest BCUT2D eigenvalue weighted by Crippen LogP contribution is 2.19. The molecular formula is C13H15ClFN5O. The molecule has 21 heavy (non-hydrogen) atoms. The minimum Gasteiger partial charge on any atom is -0.345 e. The maximum absolute atomic E-state index is 13.0. The number of carbonyl (C=O) groups excluding carboxylic acids is 1. The zero-order chi connectivity index (χ0) is 15.4. The van der Waals surface area contributed by atoms with Gasteiger partial charge in [0.05, 0.1) is 6.42 Å². The number of H-pyrrole nitrogens is 1. The van der Waals surface area contributed by atoms with Crippen LogP contribution in [-0.4, -0.2) is 45.0 Å². The van der Waals surface area contributed by atoms with Crippen molar-refractivity contribution in [2.45, 2.75) is 19.3 Å². The fourth-order valence-electron chi connectivity index (χ4n) is 1.94. The van der Waals surface area contributed by atoms with Crippen LogP contribution in [0.15, 0.2) is 18.2 Å². The predicted molar refractivity (Wildman–Crippen MR) is 75.3 cm³/mol. The predicted octanol–water partition coefficient (Wildman–Crippen LogP) is 1.80. The molecule has 0 radical (unpaired) electrons. The maximum Gasteiger partial charge on any atom is 0.226 e. The number of hydrogen-bond acceptors (Lipinski definition) is 4. The third kappa shape index (κ3) is 3.98. The van der Waals surface area contributed by atoms with E-state index in [1.165, 1.54) is 18.2 Å². The van der Waals surface area contributed by atoms with Gasteiger partial charge < -0.3 is 4.90 Å². The highest BCUT2D eigenvalue weighted by Gasteiger charge is 2.18. The van der Waals surface area contributed by atoms with Gasteiger partial charge in [0.15, 0.2) is 5.82 Å². The Kier molecular flexibility index (Phi) is 4.85. The lowest BCUT2D eigenvalue weighted by Crippen LogP contribution is -2.32. The average Bonchev–Trinajstić information content (AvgIpc) is 2.95. The van der Waals surface area contributed by atoms with Crippen LogP contribution in [0.4, 0.5) is 4.39 Å². The summed E-state index contributed by atoms with van der Waals surface area (Å²) in [5, 5.41) is 13.9. The maximum atomic E-state index is 13.0. The summed E-state index contributed by atoms with van der Waals surface area (Å²) >= 11 is 5.92. The van der Waals surface area contributed by atoms with Crippen LogP contribution in [0.5, 0.6) is 0 Å². The van der Waals surface area contributed by atoms with Gasteiger partial charge in [0, 0.05) is 24.5 Å². The molecule has 1 amide bonds. The number of rotatable bonds is 5. The minimum atomic E-state index is -0.421. The number of likely N-dealkylation sites (N-methyl/N-ethyl adjacent to an activating group) is 1. The number of nitrogens with zero attached hydrogens (tertiary/aromatic N) is 4. The molecule has 1 aromatic heterocycles. The summed E-state index contributed by atoms with van der Waals surface area (Å²) in [6, 6.07) is 4.01. The van der Waals surface area contributed by atoms with Crippen LogP contribution in [0.3, 0.4) is 0 Å². The molecule has 0 fully saturated rings. The molecule has 0 saturated heterocycles. The van der Waals surface area contributed by atoms with E-state index in [0.29, 0.717) is 17.9 Å². The fourth-order valence-corrected chi connectivity index (χ4v) is 2.17. The van der Waals surface area contributed by atoms with Crippen molar-refractivity contribution in [2.24, 2.45) is 0 Å². The molecule has 1 heterocycles. The van der Waals surface area contributed by atoms with E-state index in [9.17, 15) is 9.18 Å². The monoisotopic (exact) mass is 311 g/mol. The van der Waals surface area contributed by atoms with E-state index in [-0.39, 0.29) is 23.3 Å². The zero-order valence-corrected chi connectivity index (χ0v) is 12.4. The van der Waals surface area contributed by atoms with Gasteiger partial charge in [-0.05, 0) is 17.7 Å². The lowest BCUT2D eigenvalue weighted by Gasteiger charge is -2.20. The van der Waals surface area contributed by atoms with Gasteiger partial charge >= 0.3 is 0 Å². The largest absolute Gasteiger partial charge is 0.345 e. The summed E-state index contributed by atoms with van der Waals surface area (Å²) in [5.41, 5.74) is 0.599. The van der Waals surface area contributed by atoms with Crippen molar-refractivity contribution >= 4 is 17.5 Å². The molecule has 1 atom stereocenters. The van der Waals surface area contributed by atoms with Gasteiger partial charge in [-0.1, -0.05) is 29.8 Å². The number of aromatic amines is 1. The third-order valence-electron chi connectivity index (χ3n) is 3.13. The molecular weight excluding hydrogens is 297 g/mol. The van der Waals surface area contributed by atoms with Gasteiger partial charge in [-0.25, -0.2) is 4.39 Å². The zero-order valence-electron chi connectivity index (χ0n) is 11.7. The number of nitrogens with one attached hydrogen (secondary N) is 1. The van der Waals surface area contributed by atoms with Crippen molar-refractivity contribution in [3.63, 3.8) is 0 Å². The third-order valence-corrected chi connectivity index (χ3v) is 3.48. The number of hydrogen-bond donors (Lipinski definition) is 1. The second-order valence-corrected chi connectivity index (χ2v) is 5.27.